The molecule has 1 aliphatic rings. The SMILES string of the molecule is Cc1ccc(NC(=O)C[C@H]2SC(Cc3nc(C)cs3)=NC2=O)c(C)c1. The molecule has 1 aromatic heterocycles. The van der Waals surface area contributed by atoms with Gasteiger partial charge in [-0.05, 0) is 32.4 Å². The number of thiazole rings is 1. The van der Waals surface area contributed by atoms with Crippen molar-refractivity contribution in [3.63, 3.8) is 0 Å². The van der Waals surface area contributed by atoms with Crippen LogP contribution < -0.4 is 5.32 Å². The van der Waals surface area contributed by atoms with Gasteiger partial charge in [-0.1, -0.05) is 29.5 Å². The van der Waals surface area contributed by atoms with Crippen LogP contribution in [0.2, 0.25) is 0 Å². The normalized spacial score (nSPS) is 16.8. The summed E-state index contributed by atoms with van der Waals surface area (Å²) in [4.78, 5) is 32.8. The molecule has 3 rings (SSSR count). The van der Waals surface area contributed by atoms with Gasteiger partial charge in [-0.15, -0.1) is 11.3 Å². The highest BCUT2D eigenvalue weighted by molar-refractivity contribution is 8.15. The number of nitrogens with one attached hydrogen (secondary N) is 1. The molecule has 2 amide bonds. The van der Waals surface area contributed by atoms with Crippen molar-refractivity contribution < 1.29 is 9.59 Å². The molecule has 7 heteroatoms. The Morgan fingerprint density at radius 1 is 1.28 bits per heavy atom. The zero-order valence-electron chi connectivity index (χ0n) is 14.3. The van der Waals surface area contributed by atoms with E-state index in [2.05, 4.69) is 15.3 Å². The quantitative estimate of drug-likeness (QED) is 0.868. The predicted molar refractivity (Wildman–Crippen MR) is 104 cm³/mol. The lowest BCUT2D eigenvalue weighted by molar-refractivity contribution is -0.121. The number of rotatable bonds is 5. The molecule has 0 saturated carbocycles. The van der Waals surface area contributed by atoms with Crippen molar-refractivity contribution in [2.24, 2.45) is 4.99 Å². The fourth-order valence-corrected chi connectivity index (χ4v) is 4.53. The molecule has 2 aromatic rings. The number of hydrogen-bond donors (Lipinski definition) is 1. The number of amides is 2. The Morgan fingerprint density at radius 3 is 2.76 bits per heavy atom. The molecule has 0 saturated heterocycles. The maximum Gasteiger partial charge on any atom is 0.260 e. The van der Waals surface area contributed by atoms with Crippen LogP contribution >= 0.6 is 23.1 Å². The molecule has 1 aliphatic heterocycles. The number of nitrogens with zero attached hydrogens (tertiary/aromatic N) is 2. The van der Waals surface area contributed by atoms with Crippen LogP contribution in [0.4, 0.5) is 5.69 Å². The third kappa shape index (κ3) is 4.55. The van der Waals surface area contributed by atoms with Gasteiger partial charge in [0.15, 0.2) is 0 Å². The van der Waals surface area contributed by atoms with E-state index in [0.29, 0.717) is 6.42 Å². The zero-order chi connectivity index (χ0) is 18.0. The van der Waals surface area contributed by atoms with Gasteiger partial charge in [0.2, 0.25) is 5.91 Å². The second-order valence-electron chi connectivity index (χ2n) is 6.08. The van der Waals surface area contributed by atoms with E-state index < -0.39 is 5.25 Å². The van der Waals surface area contributed by atoms with Crippen molar-refractivity contribution in [2.45, 2.75) is 38.9 Å². The minimum Gasteiger partial charge on any atom is -0.326 e. The van der Waals surface area contributed by atoms with Gasteiger partial charge >= 0.3 is 0 Å². The Hall–Kier alpha value is -1.99. The van der Waals surface area contributed by atoms with Crippen molar-refractivity contribution in [3.8, 4) is 0 Å². The second kappa shape index (κ2) is 7.49. The molecular weight excluding hydrogens is 354 g/mol. The van der Waals surface area contributed by atoms with Crippen LogP contribution in [0, 0.1) is 20.8 Å². The average molecular weight is 374 g/mol. The molecular formula is C18H19N3O2S2. The largest absolute Gasteiger partial charge is 0.326 e. The Morgan fingerprint density at radius 2 is 2.08 bits per heavy atom. The predicted octanol–water partition coefficient (Wildman–Crippen LogP) is 3.68. The fraction of sp³-hybridized carbons (Fsp3) is 0.333. The highest BCUT2D eigenvalue weighted by Crippen LogP contribution is 2.28. The lowest BCUT2D eigenvalue weighted by atomic mass is 10.1. The summed E-state index contributed by atoms with van der Waals surface area (Å²) < 4.78 is 0. The van der Waals surface area contributed by atoms with Crippen molar-refractivity contribution in [1.82, 2.24) is 4.98 Å². The van der Waals surface area contributed by atoms with Crippen LogP contribution in [0.3, 0.4) is 0 Å². The molecule has 0 unspecified atom stereocenters. The van der Waals surface area contributed by atoms with Crippen LogP contribution in [-0.4, -0.2) is 27.1 Å². The summed E-state index contributed by atoms with van der Waals surface area (Å²) in [7, 11) is 0. The van der Waals surface area contributed by atoms with E-state index in [4.69, 9.17) is 0 Å². The van der Waals surface area contributed by atoms with Gasteiger partial charge in [0, 0.05) is 29.6 Å². The molecule has 2 heterocycles. The summed E-state index contributed by atoms with van der Waals surface area (Å²) in [5.74, 6) is -0.400. The Kier molecular flexibility index (Phi) is 5.34. The topological polar surface area (TPSA) is 71.4 Å². The minimum atomic E-state index is -0.443. The second-order valence-corrected chi connectivity index (χ2v) is 8.30. The van der Waals surface area contributed by atoms with Crippen LogP contribution in [-0.2, 0) is 16.0 Å². The Balaban J connectivity index is 1.56. The molecule has 0 bridgehead atoms. The van der Waals surface area contributed by atoms with Gasteiger partial charge in [-0.2, -0.15) is 0 Å². The lowest BCUT2D eigenvalue weighted by Crippen LogP contribution is -2.21. The van der Waals surface area contributed by atoms with Gasteiger partial charge < -0.3 is 5.32 Å². The maximum absolute atomic E-state index is 12.3. The number of carbonyl (C=O) groups excluding carboxylic acids is 2. The smallest absolute Gasteiger partial charge is 0.260 e. The Labute approximate surface area is 155 Å². The van der Waals surface area contributed by atoms with Gasteiger partial charge in [0.05, 0.1) is 10.1 Å². The summed E-state index contributed by atoms with van der Waals surface area (Å²) in [6.07, 6.45) is 0.685. The molecule has 0 fully saturated rings. The molecule has 1 aromatic carbocycles. The van der Waals surface area contributed by atoms with E-state index in [1.165, 1.54) is 11.8 Å². The number of aromatic nitrogens is 1. The molecule has 1 N–H and O–H groups in total. The van der Waals surface area contributed by atoms with Crippen LogP contribution in [0.5, 0.6) is 0 Å². The first-order valence-corrected chi connectivity index (χ1v) is 9.73. The first-order valence-electron chi connectivity index (χ1n) is 7.97. The van der Waals surface area contributed by atoms with Crippen LogP contribution in [0.25, 0.3) is 0 Å². The minimum absolute atomic E-state index is 0.126. The number of hydrogen-bond acceptors (Lipinski definition) is 5. The molecule has 5 nitrogen and oxygen atoms in total. The fourth-order valence-electron chi connectivity index (χ4n) is 2.58. The number of aliphatic imine (C=N–C) groups is 1. The number of aryl methyl sites for hydroxylation is 3. The summed E-state index contributed by atoms with van der Waals surface area (Å²) in [5.41, 5.74) is 3.91. The van der Waals surface area contributed by atoms with Crippen LogP contribution in [0.1, 0.15) is 28.2 Å². The first-order chi connectivity index (χ1) is 11.9. The van der Waals surface area contributed by atoms with Gasteiger partial charge in [-0.3, -0.25) is 9.59 Å². The standard InChI is InChI=1S/C18H19N3O2S2/c1-10-4-5-13(11(2)6-10)20-15(22)7-14-18(23)21-17(25-14)8-16-19-12(3)9-24-16/h4-6,9,14H,7-8H2,1-3H3,(H,20,22)/t14-/m1/s1. The number of benzene rings is 1. The maximum atomic E-state index is 12.3. The summed E-state index contributed by atoms with van der Waals surface area (Å²) >= 11 is 2.94. The van der Waals surface area contributed by atoms with E-state index in [1.54, 1.807) is 11.3 Å². The number of carbonyl (C=O) groups is 2. The van der Waals surface area contributed by atoms with E-state index in [9.17, 15) is 9.59 Å². The van der Waals surface area contributed by atoms with Gasteiger partial charge in [0.25, 0.3) is 5.91 Å². The van der Waals surface area contributed by atoms with Gasteiger partial charge in [-0.25, -0.2) is 9.98 Å². The monoisotopic (exact) mass is 373 g/mol. The highest BCUT2D eigenvalue weighted by atomic mass is 32.2. The molecule has 25 heavy (non-hydrogen) atoms. The summed E-state index contributed by atoms with van der Waals surface area (Å²) in [6, 6.07) is 5.86. The van der Waals surface area contributed by atoms with E-state index in [0.717, 1.165) is 32.6 Å². The Bertz CT molecular complexity index is 858. The number of anilines is 1. The van der Waals surface area contributed by atoms with E-state index >= 15 is 0 Å². The van der Waals surface area contributed by atoms with Crippen molar-refractivity contribution in [2.75, 3.05) is 5.32 Å². The molecule has 130 valence electrons. The molecule has 0 spiro atoms. The van der Waals surface area contributed by atoms with Crippen LogP contribution in [0.15, 0.2) is 28.6 Å². The summed E-state index contributed by atoms with van der Waals surface area (Å²) in [5, 5.41) is 6.10. The molecule has 0 aliphatic carbocycles. The summed E-state index contributed by atoms with van der Waals surface area (Å²) in [6.45, 7) is 5.90. The van der Waals surface area contributed by atoms with E-state index in [1.807, 2.05) is 44.4 Å². The van der Waals surface area contributed by atoms with Gasteiger partial charge in [0.1, 0.15) is 5.25 Å². The highest BCUT2D eigenvalue weighted by Gasteiger charge is 2.30. The number of thioether (sulfide) groups is 1. The first kappa shape index (κ1) is 17.8. The van der Waals surface area contributed by atoms with E-state index in [-0.39, 0.29) is 18.2 Å². The molecule has 1 atom stereocenters. The third-order valence-corrected chi connectivity index (χ3v) is 5.91. The lowest BCUT2D eigenvalue weighted by Gasteiger charge is -2.11. The van der Waals surface area contributed by atoms with Crippen molar-refractivity contribution in [1.29, 1.82) is 0 Å². The van der Waals surface area contributed by atoms with Crippen molar-refractivity contribution in [3.05, 3.63) is 45.4 Å². The average Bonchev–Trinajstić information content (AvgIpc) is 3.08. The third-order valence-electron chi connectivity index (χ3n) is 3.78. The zero-order valence-corrected chi connectivity index (χ0v) is 16.0. The van der Waals surface area contributed by atoms with Crippen molar-refractivity contribution >= 4 is 45.6 Å². The molecule has 0 radical (unpaired) electrons.